The van der Waals surface area contributed by atoms with Crippen LogP contribution in [0.1, 0.15) is 38.7 Å². The van der Waals surface area contributed by atoms with Gasteiger partial charge in [-0.25, -0.2) is 0 Å². The first kappa shape index (κ1) is 13.6. The lowest BCUT2D eigenvalue weighted by atomic mass is 9.87. The first-order valence-electron chi connectivity index (χ1n) is 7.05. The molecule has 2 heteroatoms. The van der Waals surface area contributed by atoms with Crippen LogP contribution in [0.25, 0.3) is 0 Å². The molecular weight excluding hydrogens is 224 g/mol. The zero-order chi connectivity index (χ0) is 13.0. The standard InChI is InChI=1S/C16H24O2/c1-3-16(4-2)11-14(12-17)15(18-16)10-13-8-6-5-7-9-13/h5-9,14-15,17H,3-4,10-12H2,1-2H3/t14-,15-/m1/s1. The van der Waals surface area contributed by atoms with Gasteiger partial charge in [0.1, 0.15) is 0 Å². The molecule has 1 aliphatic heterocycles. The third kappa shape index (κ3) is 2.76. The van der Waals surface area contributed by atoms with E-state index >= 15 is 0 Å². The van der Waals surface area contributed by atoms with E-state index in [9.17, 15) is 5.11 Å². The summed E-state index contributed by atoms with van der Waals surface area (Å²) in [5, 5.41) is 9.56. The van der Waals surface area contributed by atoms with Crippen molar-refractivity contribution in [2.24, 2.45) is 5.92 Å². The maximum atomic E-state index is 9.56. The highest BCUT2D eigenvalue weighted by molar-refractivity contribution is 5.16. The Labute approximate surface area is 110 Å². The fourth-order valence-corrected chi connectivity index (χ4v) is 3.02. The summed E-state index contributed by atoms with van der Waals surface area (Å²) in [5.41, 5.74) is 1.29. The van der Waals surface area contributed by atoms with Gasteiger partial charge in [-0.15, -0.1) is 0 Å². The van der Waals surface area contributed by atoms with Crippen molar-refractivity contribution >= 4 is 0 Å². The third-order valence-corrected chi connectivity index (χ3v) is 4.36. The second-order valence-corrected chi connectivity index (χ2v) is 5.38. The zero-order valence-corrected chi connectivity index (χ0v) is 11.4. The predicted molar refractivity (Wildman–Crippen MR) is 73.5 cm³/mol. The van der Waals surface area contributed by atoms with Gasteiger partial charge in [-0.2, -0.15) is 0 Å². The van der Waals surface area contributed by atoms with E-state index in [0.717, 1.165) is 25.7 Å². The van der Waals surface area contributed by atoms with Crippen molar-refractivity contribution in [1.82, 2.24) is 0 Å². The molecule has 1 aromatic carbocycles. The highest BCUT2D eigenvalue weighted by Gasteiger charge is 2.43. The second kappa shape index (κ2) is 5.85. The molecule has 18 heavy (non-hydrogen) atoms. The lowest BCUT2D eigenvalue weighted by Crippen LogP contribution is -2.27. The Morgan fingerprint density at radius 3 is 2.44 bits per heavy atom. The van der Waals surface area contributed by atoms with Crippen LogP contribution in [0.5, 0.6) is 0 Å². The van der Waals surface area contributed by atoms with Gasteiger partial charge >= 0.3 is 0 Å². The van der Waals surface area contributed by atoms with Gasteiger partial charge < -0.3 is 9.84 Å². The Balaban J connectivity index is 2.08. The van der Waals surface area contributed by atoms with Gasteiger partial charge in [0.25, 0.3) is 0 Å². The number of hydrogen-bond donors (Lipinski definition) is 1. The largest absolute Gasteiger partial charge is 0.396 e. The summed E-state index contributed by atoms with van der Waals surface area (Å²) in [5.74, 6) is 0.283. The van der Waals surface area contributed by atoms with E-state index in [2.05, 4.69) is 38.1 Å². The van der Waals surface area contributed by atoms with E-state index in [4.69, 9.17) is 4.74 Å². The van der Waals surface area contributed by atoms with Gasteiger partial charge in [0, 0.05) is 12.5 Å². The van der Waals surface area contributed by atoms with Gasteiger partial charge in [0.15, 0.2) is 0 Å². The van der Waals surface area contributed by atoms with Crippen molar-refractivity contribution in [3.05, 3.63) is 35.9 Å². The molecule has 0 bridgehead atoms. The Hall–Kier alpha value is -0.860. The van der Waals surface area contributed by atoms with Gasteiger partial charge in [0.05, 0.1) is 11.7 Å². The number of aliphatic hydroxyl groups excluding tert-OH is 1. The van der Waals surface area contributed by atoms with Gasteiger partial charge in [0.2, 0.25) is 0 Å². The molecule has 1 N–H and O–H groups in total. The highest BCUT2D eigenvalue weighted by Crippen LogP contribution is 2.40. The molecule has 1 fully saturated rings. The summed E-state index contributed by atoms with van der Waals surface area (Å²) in [6.07, 6.45) is 4.13. The minimum atomic E-state index is -0.00710. The summed E-state index contributed by atoms with van der Waals surface area (Å²) in [6.45, 7) is 4.60. The second-order valence-electron chi connectivity index (χ2n) is 5.38. The van der Waals surface area contributed by atoms with Crippen molar-refractivity contribution in [3.8, 4) is 0 Å². The average Bonchev–Trinajstić information content (AvgIpc) is 2.79. The molecule has 1 aromatic rings. The van der Waals surface area contributed by atoms with Crippen LogP contribution in [-0.2, 0) is 11.2 Å². The average molecular weight is 248 g/mol. The van der Waals surface area contributed by atoms with Gasteiger partial charge in [-0.1, -0.05) is 44.2 Å². The molecule has 0 amide bonds. The molecule has 2 atom stereocenters. The monoisotopic (exact) mass is 248 g/mol. The van der Waals surface area contributed by atoms with Crippen molar-refractivity contribution in [2.75, 3.05) is 6.61 Å². The molecule has 0 radical (unpaired) electrons. The van der Waals surface area contributed by atoms with E-state index in [1.165, 1.54) is 5.56 Å². The van der Waals surface area contributed by atoms with Gasteiger partial charge in [-0.05, 0) is 31.2 Å². The van der Waals surface area contributed by atoms with Crippen molar-refractivity contribution in [2.45, 2.75) is 51.2 Å². The topological polar surface area (TPSA) is 29.5 Å². The number of hydrogen-bond acceptors (Lipinski definition) is 2. The molecule has 0 saturated carbocycles. The molecule has 1 heterocycles. The summed E-state index contributed by atoms with van der Waals surface area (Å²) in [6, 6.07) is 10.4. The lowest BCUT2D eigenvalue weighted by molar-refractivity contribution is -0.0511. The van der Waals surface area contributed by atoms with Crippen LogP contribution in [0.2, 0.25) is 0 Å². The first-order valence-corrected chi connectivity index (χ1v) is 7.05. The minimum Gasteiger partial charge on any atom is -0.396 e. The number of ether oxygens (including phenoxy) is 1. The summed E-state index contributed by atoms with van der Waals surface area (Å²) in [7, 11) is 0. The minimum absolute atomic E-state index is 0.00710. The number of aliphatic hydroxyl groups is 1. The first-order chi connectivity index (χ1) is 8.73. The Kier molecular flexibility index (Phi) is 4.41. The van der Waals surface area contributed by atoms with Crippen molar-refractivity contribution < 1.29 is 9.84 Å². The SMILES string of the molecule is CCC1(CC)C[C@H](CO)[C@@H](Cc2ccccc2)O1. The van der Waals surface area contributed by atoms with E-state index < -0.39 is 0 Å². The molecule has 0 spiro atoms. The quantitative estimate of drug-likeness (QED) is 0.867. The van der Waals surface area contributed by atoms with E-state index in [1.807, 2.05) is 6.07 Å². The van der Waals surface area contributed by atoms with E-state index in [0.29, 0.717) is 0 Å². The molecule has 0 aliphatic carbocycles. The van der Waals surface area contributed by atoms with Crippen LogP contribution < -0.4 is 0 Å². The van der Waals surface area contributed by atoms with Crippen molar-refractivity contribution in [1.29, 1.82) is 0 Å². The van der Waals surface area contributed by atoms with Crippen LogP contribution >= 0.6 is 0 Å². The van der Waals surface area contributed by atoms with E-state index in [-0.39, 0.29) is 24.2 Å². The summed E-state index contributed by atoms with van der Waals surface area (Å²) in [4.78, 5) is 0. The van der Waals surface area contributed by atoms with Crippen LogP contribution in [0.3, 0.4) is 0 Å². The molecule has 1 saturated heterocycles. The molecular formula is C16H24O2. The molecule has 1 aliphatic rings. The normalized spacial score (nSPS) is 26.4. The Morgan fingerprint density at radius 1 is 1.22 bits per heavy atom. The molecule has 0 aromatic heterocycles. The molecule has 100 valence electrons. The van der Waals surface area contributed by atoms with Crippen LogP contribution in [0.4, 0.5) is 0 Å². The molecule has 2 nitrogen and oxygen atoms in total. The fraction of sp³-hybridized carbons (Fsp3) is 0.625. The highest BCUT2D eigenvalue weighted by atomic mass is 16.5. The molecule has 2 rings (SSSR count). The Bertz CT molecular complexity index is 357. The number of rotatable bonds is 5. The predicted octanol–water partition coefficient (Wildman–Crippen LogP) is 3.19. The van der Waals surface area contributed by atoms with Crippen LogP contribution in [-0.4, -0.2) is 23.4 Å². The molecule has 0 unspecified atom stereocenters. The van der Waals surface area contributed by atoms with Crippen LogP contribution in [0, 0.1) is 5.92 Å². The summed E-state index contributed by atoms with van der Waals surface area (Å²) >= 11 is 0. The Morgan fingerprint density at radius 2 is 1.89 bits per heavy atom. The van der Waals surface area contributed by atoms with Crippen molar-refractivity contribution in [3.63, 3.8) is 0 Å². The zero-order valence-electron chi connectivity index (χ0n) is 11.4. The maximum Gasteiger partial charge on any atom is 0.0685 e. The third-order valence-electron chi connectivity index (χ3n) is 4.36. The lowest BCUT2D eigenvalue weighted by Gasteiger charge is -2.26. The maximum absolute atomic E-state index is 9.56. The van der Waals surface area contributed by atoms with E-state index in [1.54, 1.807) is 0 Å². The number of benzene rings is 1. The fourth-order valence-electron chi connectivity index (χ4n) is 3.02. The van der Waals surface area contributed by atoms with Gasteiger partial charge in [-0.3, -0.25) is 0 Å². The smallest absolute Gasteiger partial charge is 0.0685 e. The summed E-state index contributed by atoms with van der Waals surface area (Å²) < 4.78 is 6.29. The van der Waals surface area contributed by atoms with Crippen LogP contribution in [0.15, 0.2) is 30.3 Å².